The lowest BCUT2D eigenvalue weighted by molar-refractivity contribution is 0.0453. The molecule has 2 aliphatic heterocycles. The van der Waals surface area contributed by atoms with Gasteiger partial charge in [-0.3, -0.25) is 0 Å². The zero-order valence-electron chi connectivity index (χ0n) is 11.9. The van der Waals surface area contributed by atoms with Crippen LogP contribution in [0.15, 0.2) is 6.07 Å². The predicted octanol–water partition coefficient (Wildman–Crippen LogP) is 2.05. The summed E-state index contributed by atoms with van der Waals surface area (Å²) >= 11 is 0. The molecule has 2 aliphatic rings. The Hall–Kier alpha value is -1.67. The van der Waals surface area contributed by atoms with Crippen molar-refractivity contribution in [2.45, 2.75) is 38.6 Å². The van der Waals surface area contributed by atoms with Gasteiger partial charge in [0.05, 0.1) is 17.9 Å². The molecule has 1 aromatic rings. The van der Waals surface area contributed by atoms with E-state index < -0.39 is 0 Å². The van der Waals surface area contributed by atoms with E-state index in [9.17, 15) is 5.26 Å². The highest BCUT2D eigenvalue weighted by Gasteiger charge is 2.34. The lowest BCUT2D eigenvalue weighted by atomic mass is 9.92. The van der Waals surface area contributed by atoms with Crippen molar-refractivity contribution in [1.29, 1.82) is 5.26 Å². The number of ether oxygens (including phenoxy) is 1. The summed E-state index contributed by atoms with van der Waals surface area (Å²) in [7, 11) is 0. The molecular weight excluding hydrogens is 252 g/mol. The van der Waals surface area contributed by atoms with Gasteiger partial charge >= 0.3 is 0 Å². The van der Waals surface area contributed by atoms with Crippen LogP contribution in [0, 0.1) is 24.2 Å². The van der Waals surface area contributed by atoms with Gasteiger partial charge in [0, 0.05) is 25.1 Å². The quantitative estimate of drug-likeness (QED) is 0.824. The maximum atomic E-state index is 9.33. The number of hydrogen-bond acceptors (Lipinski definition) is 5. The highest BCUT2D eigenvalue weighted by atomic mass is 16.5. The van der Waals surface area contributed by atoms with Gasteiger partial charge in [0.1, 0.15) is 6.07 Å². The van der Waals surface area contributed by atoms with Crippen molar-refractivity contribution >= 4 is 5.82 Å². The minimum absolute atomic E-state index is 0.444. The molecule has 0 spiro atoms. The molecule has 3 heterocycles. The van der Waals surface area contributed by atoms with Crippen LogP contribution in [0.3, 0.4) is 0 Å². The molecule has 5 heteroatoms. The van der Waals surface area contributed by atoms with Crippen LogP contribution >= 0.6 is 0 Å². The smallest absolute Gasteiger partial charge is 0.169 e. The van der Waals surface area contributed by atoms with Crippen molar-refractivity contribution in [1.82, 2.24) is 10.2 Å². The SMILES string of the molecule is Cc1cc(C#N)c(N2CCCC2C2CCCOC2)nn1. The van der Waals surface area contributed by atoms with Gasteiger partial charge in [0.25, 0.3) is 0 Å². The first-order valence-electron chi connectivity index (χ1n) is 7.38. The summed E-state index contributed by atoms with van der Waals surface area (Å²) < 4.78 is 5.63. The summed E-state index contributed by atoms with van der Waals surface area (Å²) in [6.07, 6.45) is 4.66. The Kier molecular flexibility index (Phi) is 3.83. The number of anilines is 1. The summed E-state index contributed by atoms with van der Waals surface area (Å²) in [4.78, 5) is 2.28. The Balaban J connectivity index is 1.86. The highest BCUT2D eigenvalue weighted by Crippen LogP contribution is 2.33. The summed E-state index contributed by atoms with van der Waals surface area (Å²) in [5.41, 5.74) is 1.43. The Labute approximate surface area is 119 Å². The highest BCUT2D eigenvalue weighted by molar-refractivity contribution is 5.54. The molecule has 0 N–H and O–H groups in total. The third kappa shape index (κ3) is 2.48. The Morgan fingerprint density at radius 3 is 3.00 bits per heavy atom. The standard InChI is InChI=1S/C15H20N4O/c1-11-8-13(9-16)15(18-17-11)19-6-2-5-14(19)12-4-3-7-20-10-12/h8,12,14H,2-7,10H2,1H3. The number of nitrogens with zero attached hydrogens (tertiary/aromatic N) is 4. The van der Waals surface area contributed by atoms with Crippen molar-refractivity contribution in [3.05, 3.63) is 17.3 Å². The minimum atomic E-state index is 0.444. The third-order valence-corrected chi connectivity index (χ3v) is 4.33. The zero-order valence-corrected chi connectivity index (χ0v) is 11.9. The van der Waals surface area contributed by atoms with E-state index >= 15 is 0 Å². The summed E-state index contributed by atoms with van der Waals surface area (Å²) in [5, 5.41) is 17.8. The summed E-state index contributed by atoms with van der Waals surface area (Å²) in [6.45, 7) is 4.56. The number of aromatic nitrogens is 2. The molecule has 2 unspecified atom stereocenters. The molecule has 20 heavy (non-hydrogen) atoms. The fourth-order valence-corrected chi connectivity index (χ4v) is 3.39. The molecule has 0 aromatic carbocycles. The number of rotatable bonds is 2. The van der Waals surface area contributed by atoms with Crippen LogP contribution in [0.25, 0.3) is 0 Å². The molecule has 0 amide bonds. The summed E-state index contributed by atoms with van der Waals surface area (Å²) in [5.74, 6) is 1.31. The largest absolute Gasteiger partial charge is 0.381 e. The van der Waals surface area contributed by atoms with Crippen molar-refractivity contribution in [2.24, 2.45) is 5.92 Å². The topological polar surface area (TPSA) is 62.0 Å². The van der Waals surface area contributed by atoms with Crippen LogP contribution in [-0.4, -0.2) is 36.0 Å². The molecule has 106 valence electrons. The molecule has 1 aromatic heterocycles. The normalized spacial score (nSPS) is 26.5. The predicted molar refractivity (Wildman–Crippen MR) is 75.4 cm³/mol. The van der Waals surface area contributed by atoms with Crippen LogP contribution in [-0.2, 0) is 4.74 Å². The maximum Gasteiger partial charge on any atom is 0.169 e. The van der Waals surface area contributed by atoms with E-state index in [1.165, 1.54) is 6.42 Å². The first-order chi connectivity index (χ1) is 9.79. The van der Waals surface area contributed by atoms with Crippen LogP contribution < -0.4 is 4.90 Å². The van der Waals surface area contributed by atoms with E-state index in [2.05, 4.69) is 21.2 Å². The van der Waals surface area contributed by atoms with Crippen LogP contribution in [0.4, 0.5) is 5.82 Å². The Morgan fingerprint density at radius 2 is 2.25 bits per heavy atom. The molecule has 0 saturated carbocycles. The Bertz CT molecular complexity index is 519. The molecule has 2 atom stereocenters. The number of nitriles is 1. The van der Waals surface area contributed by atoms with E-state index in [1.807, 2.05) is 13.0 Å². The second kappa shape index (κ2) is 5.76. The lowest BCUT2D eigenvalue weighted by Crippen LogP contribution is -2.40. The second-order valence-corrected chi connectivity index (χ2v) is 5.71. The minimum Gasteiger partial charge on any atom is -0.381 e. The van der Waals surface area contributed by atoms with Gasteiger partial charge in [0.15, 0.2) is 5.82 Å². The first kappa shape index (κ1) is 13.3. The molecule has 3 rings (SSSR count). The molecule has 2 saturated heterocycles. The van der Waals surface area contributed by atoms with Gasteiger partial charge in [-0.15, -0.1) is 5.10 Å². The van der Waals surface area contributed by atoms with Crippen LogP contribution in [0.1, 0.15) is 36.9 Å². The average molecular weight is 272 g/mol. The fraction of sp³-hybridized carbons (Fsp3) is 0.667. The monoisotopic (exact) mass is 272 g/mol. The van der Waals surface area contributed by atoms with Crippen molar-refractivity contribution in [2.75, 3.05) is 24.7 Å². The zero-order chi connectivity index (χ0) is 13.9. The van der Waals surface area contributed by atoms with Gasteiger partial charge in [-0.25, -0.2) is 0 Å². The van der Waals surface area contributed by atoms with Gasteiger partial charge in [-0.1, -0.05) is 0 Å². The van der Waals surface area contributed by atoms with Gasteiger partial charge < -0.3 is 9.64 Å². The summed E-state index contributed by atoms with van der Waals surface area (Å²) in [6, 6.07) is 4.53. The van der Waals surface area contributed by atoms with Crippen molar-refractivity contribution in [3.63, 3.8) is 0 Å². The molecule has 5 nitrogen and oxygen atoms in total. The van der Waals surface area contributed by atoms with Gasteiger partial charge in [-0.2, -0.15) is 10.4 Å². The van der Waals surface area contributed by atoms with Crippen molar-refractivity contribution in [3.8, 4) is 6.07 Å². The van der Waals surface area contributed by atoms with Gasteiger partial charge in [0.2, 0.25) is 0 Å². The molecule has 0 aliphatic carbocycles. The van der Waals surface area contributed by atoms with E-state index in [4.69, 9.17) is 4.74 Å². The molecule has 0 radical (unpaired) electrons. The Morgan fingerprint density at radius 1 is 1.35 bits per heavy atom. The van der Waals surface area contributed by atoms with E-state index in [1.54, 1.807) is 0 Å². The maximum absolute atomic E-state index is 9.33. The van der Waals surface area contributed by atoms with E-state index in [0.29, 0.717) is 17.5 Å². The molecule has 2 fully saturated rings. The van der Waals surface area contributed by atoms with Crippen LogP contribution in [0.5, 0.6) is 0 Å². The van der Waals surface area contributed by atoms with Crippen LogP contribution in [0.2, 0.25) is 0 Å². The first-order valence-corrected chi connectivity index (χ1v) is 7.38. The van der Waals surface area contributed by atoms with Crippen molar-refractivity contribution < 1.29 is 4.74 Å². The van der Waals surface area contributed by atoms with Gasteiger partial charge in [-0.05, 0) is 38.7 Å². The van der Waals surface area contributed by atoms with E-state index in [0.717, 1.165) is 50.5 Å². The van der Waals surface area contributed by atoms with E-state index in [-0.39, 0.29) is 0 Å². The molecule has 0 bridgehead atoms. The third-order valence-electron chi connectivity index (χ3n) is 4.33. The second-order valence-electron chi connectivity index (χ2n) is 5.71. The number of aryl methyl sites for hydroxylation is 1. The lowest BCUT2D eigenvalue weighted by Gasteiger charge is -2.34. The number of hydrogen-bond donors (Lipinski definition) is 0. The molecular formula is C15H20N4O. The fourth-order valence-electron chi connectivity index (χ4n) is 3.39. The average Bonchev–Trinajstić information content (AvgIpc) is 2.97.